The topological polar surface area (TPSA) is 57.5 Å². The average molecular weight is 421 g/mol. The van der Waals surface area contributed by atoms with Crippen LogP contribution in [-0.2, 0) is 17.8 Å². The Balaban J connectivity index is 1.06. The fourth-order valence-corrected chi connectivity index (χ4v) is 5.20. The summed E-state index contributed by atoms with van der Waals surface area (Å²) in [6, 6.07) is 5.00. The Morgan fingerprint density at radius 3 is 2.65 bits per heavy atom. The summed E-state index contributed by atoms with van der Waals surface area (Å²) in [5.41, 5.74) is 4.70. The zero-order valence-electron chi connectivity index (χ0n) is 18.2. The third-order valence-corrected chi connectivity index (χ3v) is 7.58. The van der Waals surface area contributed by atoms with Gasteiger partial charge in [0.2, 0.25) is 5.91 Å². The van der Waals surface area contributed by atoms with Gasteiger partial charge in [0.25, 0.3) is 0 Å². The summed E-state index contributed by atoms with van der Waals surface area (Å²) in [6.07, 6.45) is 11.5. The molecule has 1 saturated heterocycles. The maximum atomic E-state index is 12.9. The van der Waals surface area contributed by atoms with Gasteiger partial charge in [0, 0.05) is 81.3 Å². The second-order valence-electron chi connectivity index (χ2n) is 9.72. The number of hydrogen-bond donors (Lipinski definition) is 0. The Bertz CT molecular complexity index is 955. The Kier molecular flexibility index (Phi) is 5.03. The zero-order chi connectivity index (χ0) is 20.8. The van der Waals surface area contributed by atoms with Crippen LogP contribution in [0, 0.1) is 0 Å². The average Bonchev–Trinajstić information content (AvgIpc) is 3.52. The van der Waals surface area contributed by atoms with E-state index in [2.05, 4.69) is 31.9 Å². The molecule has 3 fully saturated rings. The lowest BCUT2D eigenvalue weighted by Crippen LogP contribution is -2.55. The van der Waals surface area contributed by atoms with Crippen molar-refractivity contribution in [3.63, 3.8) is 0 Å². The van der Waals surface area contributed by atoms with Crippen LogP contribution in [0.2, 0.25) is 0 Å². The zero-order valence-corrected chi connectivity index (χ0v) is 18.2. The highest BCUT2D eigenvalue weighted by Gasteiger charge is 2.30. The maximum absolute atomic E-state index is 12.9. The number of aromatic nitrogens is 3. The molecule has 0 N–H and O–H groups in total. The Morgan fingerprint density at radius 1 is 1.06 bits per heavy atom. The summed E-state index contributed by atoms with van der Waals surface area (Å²) < 4.78 is 2.00. The summed E-state index contributed by atoms with van der Waals surface area (Å²) in [4.78, 5) is 24.4. The molecule has 4 aliphatic rings. The summed E-state index contributed by atoms with van der Waals surface area (Å²) >= 11 is 0. The van der Waals surface area contributed by atoms with Gasteiger partial charge in [-0.3, -0.25) is 19.6 Å². The molecule has 2 aromatic heterocycles. The fourth-order valence-electron chi connectivity index (χ4n) is 5.20. The van der Waals surface area contributed by atoms with Crippen molar-refractivity contribution in [3.8, 4) is 5.69 Å². The van der Waals surface area contributed by atoms with Crippen LogP contribution < -0.4 is 0 Å². The lowest BCUT2D eigenvalue weighted by atomic mass is 9.91. The predicted octanol–water partition coefficient (Wildman–Crippen LogP) is 2.20. The third-order valence-electron chi connectivity index (χ3n) is 7.58. The largest absolute Gasteiger partial charge is 0.339 e. The van der Waals surface area contributed by atoms with Crippen LogP contribution in [0.25, 0.3) is 5.69 Å². The van der Waals surface area contributed by atoms with Crippen molar-refractivity contribution in [2.45, 2.75) is 57.0 Å². The predicted molar refractivity (Wildman–Crippen MR) is 118 cm³/mol. The Hall–Kier alpha value is -2.25. The van der Waals surface area contributed by atoms with E-state index in [0.717, 1.165) is 57.4 Å². The molecule has 2 saturated carbocycles. The molecule has 7 heteroatoms. The van der Waals surface area contributed by atoms with Gasteiger partial charge >= 0.3 is 0 Å². The van der Waals surface area contributed by atoms with Gasteiger partial charge in [-0.15, -0.1) is 0 Å². The molecular weight excluding hydrogens is 388 g/mol. The number of amides is 1. The SMILES string of the molecule is O=C(CN1CCc2nn(-c3ccnc(C4CC4)c3)cc2C1)N1CCN(C2CCC2)CC1. The first-order valence-electron chi connectivity index (χ1n) is 12.0. The molecule has 164 valence electrons. The summed E-state index contributed by atoms with van der Waals surface area (Å²) in [5, 5.41) is 4.85. The van der Waals surface area contributed by atoms with Gasteiger partial charge in [-0.25, -0.2) is 4.68 Å². The fraction of sp³-hybridized carbons (Fsp3) is 0.625. The molecule has 7 nitrogen and oxygen atoms in total. The van der Waals surface area contributed by atoms with Gasteiger partial charge in [-0.05, 0) is 37.8 Å². The molecule has 2 aromatic rings. The standard InChI is InChI=1S/C24H32N6O/c31-24(29-12-10-28(11-13-29)20-2-1-3-20)17-27-9-7-22-19(15-27)16-30(26-22)21-6-8-25-23(14-21)18-4-5-18/h6,8,14,16,18,20H,1-5,7,9-13,15,17H2. The maximum Gasteiger partial charge on any atom is 0.236 e. The van der Waals surface area contributed by atoms with Gasteiger partial charge in [0.1, 0.15) is 0 Å². The number of pyridine rings is 1. The van der Waals surface area contributed by atoms with Crippen molar-refractivity contribution in [2.75, 3.05) is 39.3 Å². The molecule has 0 unspecified atom stereocenters. The molecule has 1 amide bonds. The minimum Gasteiger partial charge on any atom is -0.339 e. The van der Waals surface area contributed by atoms with Crippen LogP contribution in [-0.4, -0.2) is 80.7 Å². The molecule has 2 aliphatic heterocycles. The highest BCUT2D eigenvalue weighted by molar-refractivity contribution is 5.78. The first-order valence-corrected chi connectivity index (χ1v) is 12.0. The Labute approximate surface area is 184 Å². The van der Waals surface area contributed by atoms with Crippen LogP contribution in [0.1, 0.15) is 55.0 Å². The highest BCUT2D eigenvalue weighted by Crippen LogP contribution is 2.39. The molecular formula is C24H32N6O. The van der Waals surface area contributed by atoms with E-state index in [4.69, 9.17) is 5.10 Å². The van der Waals surface area contributed by atoms with E-state index >= 15 is 0 Å². The second kappa shape index (κ2) is 8.02. The number of fused-ring (bicyclic) bond motifs is 1. The van der Waals surface area contributed by atoms with E-state index in [0.29, 0.717) is 12.5 Å². The van der Waals surface area contributed by atoms with Crippen LogP contribution in [0.4, 0.5) is 0 Å². The lowest BCUT2D eigenvalue weighted by Gasteiger charge is -2.43. The molecule has 0 spiro atoms. The van der Waals surface area contributed by atoms with Crippen molar-refractivity contribution in [1.82, 2.24) is 29.5 Å². The van der Waals surface area contributed by atoms with Gasteiger partial charge in [-0.1, -0.05) is 6.42 Å². The number of piperazine rings is 1. The molecule has 4 heterocycles. The monoisotopic (exact) mass is 420 g/mol. The van der Waals surface area contributed by atoms with Gasteiger partial charge in [-0.2, -0.15) is 5.10 Å². The number of hydrogen-bond acceptors (Lipinski definition) is 5. The molecule has 0 atom stereocenters. The van der Waals surface area contributed by atoms with E-state index < -0.39 is 0 Å². The van der Waals surface area contributed by atoms with E-state index in [1.807, 2.05) is 16.9 Å². The second-order valence-corrected chi connectivity index (χ2v) is 9.72. The van der Waals surface area contributed by atoms with Gasteiger partial charge in [0.05, 0.1) is 17.9 Å². The van der Waals surface area contributed by atoms with E-state index in [-0.39, 0.29) is 5.91 Å². The first-order chi connectivity index (χ1) is 15.2. The number of nitrogens with zero attached hydrogens (tertiary/aromatic N) is 6. The molecule has 31 heavy (non-hydrogen) atoms. The molecule has 0 aromatic carbocycles. The normalized spacial score (nSPS) is 22.9. The summed E-state index contributed by atoms with van der Waals surface area (Å²) in [5.74, 6) is 0.925. The molecule has 0 bridgehead atoms. The minimum atomic E-state index is 0.285. The van der Waals surface area contributed by atoms with Gasteiger partial charge < -0.3 is 4.90 Å². The Morgan fingerprint density at radius 2 is 1.90 bits per heavy atom. The smallest absolute Gasteiger partial charge is 0.236 e. The van der Waals surface area contributed by atoms with E-state index in [9.17, 15) is 4.79 Å². The number of carbonyl (C=O) groups excluding carboxylic acids is 1. The first kappa shape index (κ1) is 19.4. The molecule has 6 rings (SSSR count). The van der Waals surface area contributed by atoms with Crippen molar-refractivity contribution in [2.24, 2.45) is 0 Å². The van der Waals surface area contributed by atoms with Crippen LogP contribution in [0.15, 0.2) is 24.5 Å². The van der Waals surface area contributed by atoms with Crippen molar-refractivity contribution >= 4 is 5.91 Å². The highest BCUT2D eigenvalue weighted by atomic mass is 16.2. The van der Waals surface area contributed by atoms with E-state index in [1.165, 1.54) is 49.1 Å². The summed E-state index contributed by atoms with van der Waals surface area (Å²) in [6.45, 7) is 6.10. The molecule has 0 radical (unpaired) electrons. The third kappa shape index (κ3) is 4.01. The van der Waals surface area contributed by atoms with Crippen LogP contribution >= 0.6 is 0 Å². The van der Waals surface area contributed by atoms with E-state index in [1.54, 1.807) is 0 Å². The summed E-state index contributed by atoms with van der Waals surface area (Å²) in [7, 11) is 0. The molecule has 2 aliphatic carbocycles. The number of rotatable bonds is 5. The van der Waals surface area contributed by atoms with Crippen molar-refractivity contribution < 1.29 is 4.79 Å². The van der Waals surface area contributed by atoms with Crippen molar-refractivity contribution in [3.05, 3.63) is 41.5 Å². The van der Waals surface area contributed by atoms with Crippen LogP contribution in [0.5, 0.6) is 0 Å². The van der Waals surface area contributed by atoms with Crippen LogP contribution in [0.3, 0.4) is 0 Å². The van der Waals surface area contributed by atoms with Crippen molar-refractivity contribution in [1.29, 1.82) is 0 Å². The number of carbonyl (C=O) groups is 1. The minimum absolute atomic E-state index is 0.285. The lowest BCUT2D eigenvalue weighted by molar-refractivity contribution is -0.135. The quantitative estimate of drug-likeness (QED) is 0.742. The van der Waals surface area contributed by atoms with Gasteiger partial charge in [0.15, 0.2) is 0 Å².